The Bertz CT molecular complexity index is 1220. The molecule has 2 aromatic carbocycles. The topological polar surface area (TPSA) is 86.4 Å². The minimum atomic E-state index is -4.17. The third-order valence-electron chi connectivity index (χ3n) is 5.34. The number of likely N-dealkylation sites (N-methyl/N-ethyl adjacent to an activating group) is 1. The molecule has 2 heterocycles. The maximum absolute atomic E-state index is 14.9. The lowest BCUT2D eigenvalue weighted by atomic mass is 10.1. The Kier molecular flexibility index (Phi) is 6.57. The van der Waals surface area contributed by atoms with Crippen molar-refractivity contribution in [2.45, 2.75) is 24.3 Å². The van der Waals surface area contributed by atoms with E-state index in [0.717, 1.165) is 48.6 Å². The number of nitrogens with zero attached hydrogens (tertiary/aromatic N) is 2. The lowest BCUT2D eigenvalue weighted by molar-refractivity contribution is 0.570. The minimum Gasteiger partial charge on any atom is -0.368 e. The Balaban J connectivity index is 1.63. The van der Waals surface area contributed by atoms with Gasteiger partial charge in [-0.1, -0.05) is 17.7 Å². The van der Waals surface area contributed by atoms with Crippen LogP contribution in [0.5, 0.6) is 0 Å². The fraction of sp³-hybridized carbons (Fsp3) is 0.286. The van der Waals surface area contributed by atoms with Crippen LogP contribution in [0.15, 0.2) is 46.1 Å². The summed E-state index contributed by atoms with van der Waals surface area (Å²) in [6.07, 6.45) is 1.03. The molecule has 1 aromatic heterocycles. The fourth-order valence-corrected chi connectivity index (χ4v) is 5.57. The van der Waals surface area contributed by atoms with Crippen LogP contribution in [0.25, 0.3) is 0 Å². The van der Waals surface area contributed by atoms with E-state index >= 15 is 0 Å². The van der Waals surface area contributed by atoms with Gasteiger partial charge in [0, 0.05) is 30.6 Å². The van der Waals surface area contributed by atoms with Gasteiger partial charge in [-0.25, -0.2) is 17.8 Å². The van der Waals surface area contributed by atoms with E-state index in [2.05, 4.69) is 31.3 Å². The molecule has 7 nitrogen and oxygen atoms in total. The molecule has 1 aliphatic heterocycles. The molecule has 1 unspecified atom stereocenters. The molecule has 0 amide bonds. The van der Waals surface area contributed by atoms with Gasteiger partial charge in [0.05, 0.1) is 27.6 Å². The maximum atomic E-state index is 14.9. The van der Waals surface area contributed by atoms with Gasteiger partial charge in [0.25, 0.3) is 10.0 Å². The number of aryl methyl sites for hydroxylation is 1. The van der Waals surface area contributed by atoms with Crippen LogP contribution in [0.4, 0.5) is 27.3 Å². The smallest absolute Gasteiger partial charge is 0.266 e. The lowest BCUT2D eigenvalue weighted by Crippen LogP contribution is -2.29. The second kappa shape index (κ2) is 9.22. The van der Waals surface area contributed by atoms with E-state index in [1.54, 1.807) is 0 Å². The molecule has 1 atom stereocenters. The summed E-state index contributed by atoms with van der Waals surface area (Å²) in [5.41, 5.74) is 4.62. The van der Waals surface area contributed by atoms with Gasteiger partial charge in [0.2, 0.25) is 0 Å². The Morgan fingerprint density at radius 2 is 2.06 bits per heavy atom. The van der Waals surface area contributed by atoms with Crippen LogP contribution < -0.4 is 20.3 Å². The molecule has 170 valence electrons. The standard InChI is InChI=1S/C21H23ClFN5O2S2/c1-13-3-4-17(19(7-13)28-6-5-14(10-28)24-2)26-18-9-16(23)20(8-15(18)22)32(29,30)27-21-11-31-12-25-21/h3-4,7-9,11-12,14,24,26-27H,5-6,10H2,1-2H3. The highest BCUT2D eigenvalue weighted by Gasteiger charge is 2.25. The number of nitrogens with one attached hydrogen (secondary N) is 3. The molecule has 0 bridgehead atoms. The summed E-state index contributed by atoms with van der Waals surface area (Å²) in [4.78, 5) is 5.59. The number of hydrogen-bond donors (Lipinski definition) is 3. The first-order chi connectivity index (χ1) is 15.3. The van der Waals surface area contributed by atoms with Gasteiger partial charge >= 0.3 is 0 Å². The first kappa shape index (κ1) is 22.8. The zero-order chi connectivity index (χ0) is 22.9. The molecule has 3 N–H and O–H groups in total. The quantitative estimate of drug-likeness (QED) is 0.444. The largest absolute Gasteiger partial charge is 0.368 e. The second-order valence-electron chi connectivity index (χ2n) is 7.61. The van der Waals surface area contributed by atoms with E-state index in [1.165, 1.54) is 22.2 Å². The molecule has 1 saturated heterocycles. The van der Waals surface area contributed by atoms with Crippen LogP contribution in [0.3, 0.4) is 0 Å². The number of halogens is 2. The number of sulfonamides is 1. The summed E-state index contributed by atoms with van der Waals surface area (Å²) in [5.74, 6) is -0.785. The van der Waals surface area contributed by atoms with E-state index in [4.69, 9.17) is 11.6 Å². The van der Waals surface area contributed by atoms with Crippen molar-refractivity contribution in [3.05, 3.63) is 57.6 Å². The summed E-state index contributed by atoms with van der Waals surface area (Å²) in [6.45, 7) is 3.77. The van der Waals surface area contributed by atoms with Crippen molar-refractivity contribution in [3.8, 4) is 0 Å². The summed E-state index contributed by atoms with van der Waals surface area (Å²) in [5, 5.41) is 8.09. The number of anilines is 4. The first-order valence-electron chi connectivity index (χ1n) is 9.97. The van der Waals surface area contributed by atoms with Crippen molar-refractivity contribution in [2.24, 2.45) is 0 Å². The predicted octanol–water partition coefficient (Wildman–Crippen LogP) is 4.59. The zero-order valence-electron chi connectivity index (χ0n) is 17.5. The molecule has 3 aromatic rings. The maximum Gasteiger partial charge on any atom is 0.266 e. The molecule has 0 spiro atoms. The average molecular weight is 496 g/mol. The molecule has 1 fully saturated rings. The molecule has 11 heteroatoms. The van der Waals surface area contributed by atoms with Gasteiger partial charge in [-0.2, -0.15) is 0 Å². The van der Waals surface area contributed by atoms with Gasteiger partial charge in [-0.3, -0.25) is 4.72 Å². The number of thiazole rings is 1. The molecule has 4 rings (SSSR count). The monoisotopic (exact) mass is 495 g/mol. The summed E-state index contributed by atoms with van der Waals surface area (Å²) in [6, 6.07) is 8.55. The highest BCUT2D eigenvalue weighted by atomic mass is 35.5. The van der Waals surface area contributed by atoms with E-state index in [0.29, 0.717) is 6.04 Å². The second-order valence-corrected chi connectivity index (χ2v) is 10.4. The highest BCUT2D eigenvalue weighted by Crippen LogP contribution is 2.36. The van der Waals surface area contributed by atoms with Crippen molar-refractivity contribution in [1.29, 1.82) is 0 Å². The molecule has 0 radical (unpaired) electrons. The van der Waals surface area contributed by atoms with Crippen LogP contribution >= 0.6 is 22.9 Å². The third-order valence-corrected chi connectivity index (χ3v) is 7.61. The summed E-state index contributed by atoms with van der Waals surface area (Å²) >= 11 is 7.59. The molecule has 0 saturated carbocycles. The van der Waals surface area contributed by atoms with Crippen LogP contribution in [0, 0.1) is 12.7 Å². The first-order valence-corrected chi connectivity index (χ1v) is 12.8. The van der Waals surface area contributed by atoms with Gasteiger partial charge < -0.3 is 15.5 Å². The Morgan fingerprint density at radius 3 is 2.75 bits per heavy atom. The molecular weight excluding hydrogens is 473 g/mol. The van der Waals surface area contributed by atoms with Gasteiger partial charge in [-0.15, -0.1) is 11.3 Å². The van der Waals surface area contributed by atoms with E-state index in [9.17, 15) is 12.8 Å². The number of rotatable bonds is 7. The lowest BCUT2D eigenvalue weighted by Gasteiger charge is -2.24. The van der Waals surface area contributed by atoms with Crippen LogP contribution in [0.2, 0.25) is 5.02 Å². The van der Waals surface area contributed by atoms with Crippen molar-refractivity contribution in [2.75, 3.05) is 35.1 Å². The SMILES string of the molecule is CNC1CCN(c2cc(C)ccc2Nc2cc(F)c(S(=O)(=O)Nc3cscn3)cc2Cl)C1. The molecule has 32 heavy (non-hydrogen) atoms. The fourth-order valence-electron chi connectivity index (χ4n) is 3.65. The van der Waals surface area contributed by atoms with Crippen molar-refractivity contribution in [3.63, 3.8) is 0 Å². The van der Waals surface area contributed by atoms with Crippen molar-refractivity contribution < 1.29 is 12.8 Å². The third kappa shape index (κ3) is 4.83. The van der Waals surface area contributed by atoms with Crippen molar-refractivity contribution >= 4 is 55.8 Å². The number of aromatic nitrogens is 1. The van der Waals surface area contributed by atoms with E-state index in [1.807, 2.05) is 26.1 Å². The Labute approximate surface area is 195 Å². The van der Waals surface area contributed by atoms with Crippen LogP contribution in [-0.4, -0.2) is 39.6 Å². The molecule has 0 aliphatic carbocycles. The normalized spacial score (nSPS) is 16.4. The minimum absolute atomic E-state index is 0.0890. The Hall–Kier alpha value is -2.40. The van der Waals surface area contributed by atoms with Gasteiger partial charge in [0.15, 0.2) is 5.82 Å². The zero-order valence-corrected chi connectivity index (χ0v) is 19.9. The van der Waals surface area contributed by atoms with Crippen LogP contribution in [-0.2, 0) is 10.0 Å². The summed E-state index contributed by atoms with van der Waals surface area (Å²) in [7, 11) is -2.22. The highest BCUT2D eigenvalue weighted by molar-refractivity contribution is 7.92. The average Bonchev–Trinajstić information content (AvgIpc) is 3.43. The summed E-state index contributed by atoms with van der Waals surface area (Å²) < 4.78 is 42.3. The van der Waals surface area contributed by atoms with E-state index in [-0.39, 0.29) is 16.5 Å². The number of benzene rings is 2. The molecule has 1 aliphatic rings. The van der Waals surface area contributed by atoms with Crippen molar-refractivity contribution in [1.82, 2.24) is 10.3 Å². The number of hydrogen-bond acceptors (Lipinski definition) is 7. The van der Waals surface area contributed by atoms with Crippen LogP contribution in [0.1, 0.15) is 12.0 Å². The van der Waals surface area contributed by atoms with Gasteiger partial charge in [0.1, 0.15) is 10.7 Å². The molecular formula is C21H23ClFN5O2S2. The van der Waals surface area contributed by atoms with Gasteiger partial charge in [-0.05, 0) is 44.2 Å². The Morgan fingerprint density at radius 1 is 1.25 bits per heavy atom. The van der Waals surface area contributed by atoms with E-state index < -0.39 is 20.7 Å². The predicted molar refractivity (Wildman–Crippen MR) is 128 cm³/mol.